The van der Waals surface area contributed by atoms with Gasteiger partial charge in [0.05, 0.1) is 17.8 Å². The van der Waals surface area contributed by atoms with E-state index in [0.29, 0.717) is 11.5 Å². The minimum absolute atomic E-state index is 0.00624. The molecule has 1 aliphatic rings. The van der Waals surface area contributed by atoms with Crippen molar-refractivity contribution in [2.45, 2.75) is 25.8 Å². The minimum Gasteiger partial charge on any atom is -0.324 e. The average molecular weight is 338 g/mol. The molecule has 1 aromatic carbocycles. The molecule has 25 heavy (non-hydrogen) atoms. The van der Waals surface area contributed by atoms with E-state index in [2.05, 4.69) is 15.6 Å². The molecule has 2 atom stereocenters. The molecular weight excluding hydrogens is 316 g/mol. The van der Waals surface area contributed by atoms with E-state index >= 15 is 0 Å². The van der Waals surface area contributed by atoms with Crippen LogP contribution in [0.1, 0.15) is 31.4 Å². The Hall–Kier alpha value is -2.73. The van der Waals surface area contributed by atoms with E-state index in [4.69, 9.17) is 5.73 Å². The largest absolute Gasteiger partial charge is 0.324 e. The van der Waals surface area contributed by atoms with Gasteiger partial charge in [-0.25, -0.2) is 4.98 Å². The molecule has 130 valence electrons. The molecule has 6 heteroatoms. The Labute approximate surface area is 146 Å². The van der Waals surface area contributed by atoms with Gasteiger partial charge in [-0.05, 0) is 30.5 Å². The van der Waals surface area contributed by atoms with Crippen LogP contribution in [0.25, 0.3) is 0 Å². The summed E-state index contributed by atoms with van der Waals surface area (Å²) in [7, 11) is 0. The molecular formula is C19H22N4O2. The Kier molecular flexibility index (Phi) is 5.09. The van der Waals surface area contributed by atoms with E-state index < -0.39 is 5.92 Å². The lowest BCUT2D eigenvalue weighted by Crippen LogP contribution is -2.30. The lowest BCUT2D eigenvalue weighted by Gasteiger charge is -2.19. The number of anilines is 2. The summed E-state index contributed by atoms with van der Waals surface area (Å²) in [5.74, 6) is 0.0572. The maximum atomic E-state index is 12.4. The molecule has 0 spiro atoms. The van der Waals surface area contributed by atoms with Crippen LogP contribution in [-0.2, 0) is 9.59 Å². The number of hydrogen-bond acceptors (Lipinski definition) is 4. The molecule has 1 saturated carbocycles. The summed E-state index contributed by atoms with van der Waals surface area (Å²) in [5, 5.41) is 5.58. The van der Waals surface area contributed by atoms with Crippen LogP contribution in [-0.4, -0.2) is 16.8 Å². The zero-order chi connectivity index (χ0) is 17.8. The second kappa shape index (κ2) is 7.44. The lowest BCUT2D eigenvalue weighted by molar-refractivity contribution is -0.120. The van der Waals surface area contributed by atoms with Crippen molar-refractivity contribution < 1.29 is 9.59 Å². The van der Waals surface area contributed by atoms with Gasteiger partial charge in [-0.2, -0.15) is 0 Å². The Morgan fingerprint density at radius 2 is 1.84 bits per heavy atom. The molecule has 1 fully saturated rings. The van der Waals surface area contributed by atoms with Gasteiger partial charge in [0.15, 0.2) is 0 Å². The fourth-order valence-electron chi connectivity index (χ4n) is 2.50. The van der Waals surface area contributed by atoms with Crippen LogP contribution in [0.5, 0.6) is 0 Å². The predicted octanol–water partition coefficient (Wildman–Crippen LogP) is 2.70. The number of carbonyl (C=O) groups is 2. The number of hydrogen-bond donors (Lipinski definition) is 3. The van der Waals surface area contributed by atoms with Crippen molar-refractivity contribution >= 4 is 23.3 Å². The van der Waals surface area contributed by atoms with Crippen LogP contribution in [0.2, 0.25) is 0 Å². The average Bonchev–Trinajstić information content (AvgIpc) is 3.48. The topological polar surface area (TPSA) is 97.1 Å². The zero-order valence-electron chi connectivity index (χ0n) is 14.1. The highest BCUT2D eigenvalue weighted by Crippen LogP contribution is 2.30. The number of aromatic nitrogens is 1. The first-order chi connectivity index (χ1) is 12.0. The molecule has 6 nitrogen and oxygen atoms in total. The van der Waals surface area contributed by atoms with Crippen LogP contribution in [0.4, 0.5) is 11.5 Å². The third kappa shape index (κ3) is 4.42. The van der Waals surface area contributed by atoms with Gasteiger partial charge < -0.3 is 16.4 Å². The highest BCUT2D eigenvalue weighted by Gasteiger charge is 2.29. The first-order valence-corrected chi connectivity index (χ1v) is 8.43. The number of benzene rings is 1. The molecule has 3 rings (SSSR count). The second-order valence-electron chi connectivity index (χ2n) is 6.41. The van der Waals surface area contributed by atoms with Crippen LogP contribution in [0.15, 0.2) is 48.7 Å². The fraction of sp³-hybridized carbons (Fsp3) is 0.316. The summed E-state index contributed by atoms with van der Waals surface area (Å²) in [4.78, 5) is 28.3. The molecule has 2 aromatic rings. The molecule has 0 bridgehead atoms. The van der Waals surface area contributed by atoms with Crippen LogP contribution >= 0.6 is 0 Å². The standard InChI is InChI=1S/C19H22N4O2/c1-12(17(20)13-5-3-2-4-6-13)18(24)22-15-9-10-16(21-11-15)23-19(25)14-7-8-14/h2-6,9-12,14,17H,7-8,20H2,1H3,(H,22,24)(H,21,23,25). The van der Waals surface area contributed by atoms with Gasteiger partial charge in [-0.1, -0.05) is 37.3 Å². The quantitative estimate of drug-likeness (QED) is 0.754. The van der Waals surface area contributed by atoms with Crippen LogP contribution in [0, 0.1) is 11.8 Å². The minimum atomic E-state index is -0.392. The maximum absolute atomic E-state index is 12.4. The van der Waals surface area contributed by atoms with Crippen molar-refractivity contribution in [3.8, 4) is 0 Å². The molecule has 2 amide bonds. The number of nitrogens with two attached hydrogens (primary N) is 1. The van der Waals surface area contributed by atoms with E-state index in [1.165, 1.54) is 6.20 Å². The van der Waals surface area contributed by atoms with Gasteiger partial charge in [0.2, 0.25) is 11.8 Å². The lowest BCUT2D eigenvalue weighted by atomic mass is 9.94. The normalized spacial score (nSPS) is 15.9. The van der Waals surface area contributed by atoms with Crippen LogP contribution in [0.3, 0.4) is 0 Å². The smallest absolute Gasteiger partial charge is 0.229 e. The Morgan fingerprint density at radius 1 is 1.12 bits per heavy atom. The SMILES string of the molecule is CC(C(=O)Nc1ccc(NC(=O)C2CC2)nc1)C(N)c1ccccc1. The Bertz CT molecular complexity index is 742. The third-order valence-corrected chi connectivity index (χ3v) is 4.37. The predicted molar refractivity (Wildman–Crippen MR) is 96.8 cm³/mol. The molecule has 1 heterocycles. The van der Waals surface area contributed by atoms with Gasteiger partial charge in [0.1, 0.15) is 5.82 Å². The number of nitrogens with zero attached hydrogens (tertiary/aromatic N) is 1. The highest BCUT2D eigenvalue weighted by atomic mass is 16.2. The van der Waals surface area contributed by atoms with Gasteiger partial charge in [0.25, 0.3) is 0 Å². The van der Waals surface area contributed by atoms with E-state index in [9.17, 15) is 9.59 Å². The fourth-order valence-corrected chi connectivity index (χ4v) is 2.50. The molecule has 2 unspecified atom stereocenters. The summed E-state index contributed by atoms with van der Waals surface area (Å²) < 4.78 is 0. The summed E-state index contributed by atoms with van der Waals surface area (Å²) in [6.07, 6.45) is 3.42. The van der Waals surface area contributed by atoms with Crippen molar-refractivity contribution in [1.29, 1.82) is 0 Å². The van der Waals surface area contributed by atoms with E-state index in [1.807, 2.05) is 30.3 Å². The Morgan fingerprint density at radius 3 is 2.44 bits per heavy atom. The number of pyridine rings is 1. The Balaban J connectivity index is 1.57. The maximum Gasteiger partial charge on any atom is 0.229 e. The summed E-state index contributed by atoms with van der Waals surface area (Å²) in [6.45, 7) is 1.80. The summed E-state index contributed by atoms with van der Waals surface area (Å²) in [5.41, 5.74) is 7.67. The number of carbonyl (C=O) groups excluding carboxylic acids is 2. The summed E-state index contributed by atoms with van der Waals surface area (Å²) >= 11 is 0. The number of amides is 2. The van der Waals surface area contributed by atoms with Gasteiger partial charge >= 0.3 is 0 Å². The molecule has 1 aliphatic carbocycles. The zero-order valence-corrected chi connectivity index (χ0v) is 14.1. The van der Waals surface area contributed by atoms with Gasteiger partial charge in [0, 0.05) is 12.0 Å². The molecule has 0 radical (unpaired) electrons. The van der Waals surface area contributed by atoms with E-state index in [-0.39, 0.29) is 23.8 Å². The van der Waals surface area contributed by atoms with Crippen molar-refractivity contribution in [3.63, 3.8) is 0 Å². The van der Waals surface area contributed by atoms with Gasteiger partial charge in [-0.15, -0.1) is 0 Å². The van der Waals surface area contributed by atoms with Crippen molar-refractivity contribution in [1.82, 2.24) is 4.98 Å². The third-order valence-electron chi connectivity index (χ3n) is 4.37. The molecule has 4 N–H and O–H groups in total. The number of rotatable bonds is 6. The highest BCUT2D eigenvalue weighted by molar-refractivity contribution is 5.94. The first kappa shape index (κ1) is 17.1. The van der Waals surface area contributed by atoms with E-state index in [0.717, 1.165) is 18.4 Å². The van der Waals surface area contributed by atoms with Gasteiger partial charge in [-0.3, -0.25) is 9.59 Å². The molecule has 0 aliphatic heterocycles. The van der Waals surface area contributed by atoms with Crippen molar-refractivity contribution in [2.75, 3.05) is 10.6 Å². The number of nitrogens with one attached hydrogen (secondary N) is 2. The first-order valence-electron chi connectivity index (χ1n) is 8.43. The summed E-state index contributed by atoms with van der Waals surface area (Å²) in [6, 6.07) is 12.5. The monoisotopic (exact) mass is 338 g/mol. The van der Waals surface area contributed by atoms with Crippen molar-refractivity contribution in [3.05, 3.63) is 54.2 Å². The van der Waals surface area contributed by atoms with E-state index in [1.54, 1.807) is 19.1 Å². The van der Waals surface area contributed by atoms with Crippen molar-refractivity contribution in [2.24, 2.45) is 17.6 Å². The molecule has 1 aromatic heterocycles. The second-order valence-corrected chi connectivity index (χ2v) is 6.41. The van der Waals surface area contributed by atoms with Crippen LogP contribution < -0.4 is 16.4 Å². The molecule has 0 saturated heterocycles.